The van der Waals surface area contributed by atoms with Crippen LogP contribution in [0.1, 0.15) is 50.1 Å². The number of nitrogens with one attached hydrogen (secondary N) is 1. The van der Waals surface area contributed by atoms with E-state index in [1.165, 1.54) is 47.9 Å². The zero-order valence-corrected chi connectivity index (χ0v) is 13.8. The Morgan fingerprint density at radius 1 is 1.30 bits per heavy atom. The summed E-state index contributed by atoms with van der Waals surface area (Å²) in [5, 5.41) is 4.82. The second-order valence-corrected chi connectivity index (χ2v) is 7.92. The molecule has 0 aromatic carbocycles. The van der Waals surface area contributed by atoms with Gasteiger partial charge >= 0.3 is 0 Å². The summed E-state index contributed by atoms with van der Waals surface area (Å²) in [7, 11) is 0. The van der Waals surface area contributed by atoms with Gasteiger partial charge in [0.25, 0.3) is 0 Å². The zero-order valence-electron chi connectivity index (χ0n) is 13.0. The van der Waals surface area contributed by atoms with Gasteiger partial charge in [0.1, 0.15) is 0 Å². The van der Waals surface area contributed by atoms with Crippen LogP contribution in [0, 0.1) is 18.8 Å². The van der Waals surface area contributed by atoms with Crippen molar-refractivity contribution in [1.29, 1.82) is 0 Å². The van der Waals surface area contributed by atoms with E-state index in [9.17, 15) is 0 Å². The van der Waals surface area contributed by atoms with E-state index in [4.69, 9.17) is 4.98 Å². The molecule has 0 saturated heterocycles. The Balaban J connectivity index is 1.63. The van der Waals surface area contributed by atoms with Crippen LogP contribution in [-0.2, 0) is 6.54 Å². The maximum absolute atomic E-state index is 4.86. The lowest BCUT2D eigenvalue weighted by atomic mass is 10.2. The van der Waals surface area contributed by atoms with Gasteiger partial charge in [-0.3, -0.25) is 0 Å². The molecular weight excluding hydrogens is 266 g/mol. The highest BCUT2D eigenvalue weighted by Crippen LogP contribution is 2.39. The molecule has 0 aliphatic heterocycles. The van der Waals surface area contributed by atoms with Crippen molar-refractivity contribution < 1.29 is 0 Å². The van der Waals surface area contributed by atoms with E-state index in [0.29, 0.717) is 5.92 Å². The quantitative estimate of drug-likeness (QED) is 0.794. The topological polar surface area (TPSA) is 28.2 Å². The number of rotatable bonds is 8. The van der Waals surface area contributed by atoms with Gasteiger partial charge in [0, 0.05) is 24.0 Å². The van der Waals surface area contributed by atoms with Crippen LogP contribution in [0.3, 0.4) is 0 Å². The van der Waals surface area contributed by atoms with E-state index in [2.05, 4.69) is 31.0 Å². The number of hydrogen-bond donors (Lipinski definition) is 1. The number of anilines is 1. The molecule has 0 spiro atoms. The normalized spacial score (nSPS) is 18.8. The number of nitrogens with zero attached hydrogens (tertiary/aromatic N) is 2. The molecule has 0 bridgehead atoms. The second-order valence-electron chi connectivity index (χ2n) is 6.86. The summed E-state index contributed by atoms with van der Waals surface area (Å²) in [5.41, 5.74) is 1.22. The molecule has 0 amide bonds. The number of thiazole rings is 1. The fraction of sp³-hybridized carbons (Fsp3) is 0.812. The lowest BCUT2D eigenvalue weighted by Crippen LogP contribution is -2.27. The summed E-state index contributed by atoms with van der Waals surface area (Å²) in [6.45, 7) is 9.97. The van der Waals surface area contributed by atoms with Crippen molar-refractivity contribution in [1.82, 2.24) is 10.3 Å². The first kappa shape index (κ1) is 14.3. The van der Waals surface area contributed by atoms with E-state index in [1.54, 1.807) is 0 Å². The molecule has 1 aromatic heterocycles. The molecule has 3 nitrogen and oxygen atoms in total. The van der Waals surface area contributed by atoms with Gasteiger partial charge in [-0.25, -0.2) is 4.98 Å². The van der Waals surface area contributed by atoms with Gasteiger partial charge in [-0.1, -0.05) is 13.8 Å². The maximum Gasteiger partial charge on any atom is 0.186 e. The molecule has 0 unspecified atom stereocenters. The zero-order chi connectivity index (χ0) is 14.1. The molecule has 0 atom stereocenters. The molecule has 2 aliphatic rings. The summed E-state index contributed by atoms with van der Waals surface area (Å²) in [4.78, 5) is 8.87. The number of aromatic nitrogens is 1. The fourth-order valence-corrected chi connectivity index (χ4v) is 3.63. The van der Waals surface area contributed by atoms with Gasteiger partial charge in [0.2, 0.25) is 0 Å². The van der Waals surface area contributed by atoms with Gasteiger partial charge in [-0.15, -0.1) is 11.3 Å². The van der Waals surface area contributed by atoms with E-state index in [1.807, 2.05) is 11.3 Å². The third-order valence-corrected chi connectivity index (χ3v) is 5.30. The Hall–Kier alpha value is -0.610. The first-order valence-electron chi connectivity index (χ1n) is 8.07. The minimum Gasteiger partial charge on any atom is -0.345 e. The summed E-state index contributed by atoms with van der Waals surface area (Å²) in [6, 6.07) is 0.789. The molecule has 2 fully saturated rings. The maximum atomic E-state index is 4.86. The van der Waals surface area contributed by atoms with E-state index >= 15 is 0 Å². The molecule has 1 N–H and O–H groups in total. The van der Waals surface area contributed by atoms with E-state index in [0.717, 1.165) is 25.0 Å². The second kappa shape index (κ2) is 6.02. The average molecular weight is 293 g/mol. The third kappa shape index (κ3) is 3.73. The highest BCUT2D eigenvalue weighted by molar-refractivity contribution is 7.15. The van der Waals surface area contributed by atoms with Crippen molar-refractivity contribution in [2.75, 3.05) is 18.0 Å². The summed E-state index contributed by atoms with van der Waals surface area (Å²) in [6.07, 6.45) is 5.59. The Bertz CT molecular complexity index is 447. The molecule has 4 heteroatoms. The Morgan fingerprint density at radius 3 is 2.65 bits per heavy atom. The van der Waals surface area contributed by atoms with E-state index < -0.39 is 0 Å². The lowest BCUT2D eigenvalue weighted by Gasteiger charge is -2.21. The molecular formula is C16H27N3S. The summed E-state index contributed by atoms with van der Waals surface area (Å²) < 4.78 is 0. The fourth-order valence-electron chi connectivity index (χ4n) is 2.52. The van der Waals surface area contributed by atoms with Gasteiger partial charge in [-0.2, -0.15) is 0 Å². The van der Waals surface area contributed by atoms with Crippen molar-refractivity contribution in [3.8, 4) is 0 Å². The molecule has 3 rings (SSSR count). The predicted molar refractivity (Wildman–Crippen MR) is 86.5 cm³/mol. The minimum atomic E-state index is 0.709. The van der Waals surface area contributed by atoms with Crippen LogP contribution in [0.5, 0.6) is 0 Å². The van der Waals surface area contributed by atoms with Crippen LogP contribution in [-0.4, -0.2) is 24.1 Å². The third-order valence-electron chi connectivity index (χ3n) is 4.10. The highest BCUT2D eigenvalue weighted by atomic mass is 32.1. The van der Waals surface area contributed by atoms with Gasteiger partial charge < -0.3 is 10.2 Å². The van der Waals surface area contributed by atoms with Crippen LogP contribution in [0.25, 0.3) is 0 Å². The first-order valence-corrected chi connectivity index (χ1v) is 8.88. The van der Waals surface area contributed by atoms with Crippen LogP contribution in [0.2, 0.25) is 0 Å². The number of hydrogen-bond acceptors (Lipinski definition) is 4. The molecule has 2 aliphatic carbocycles. The molecule has 1 heterocycles. The number of aryl methyl sites for hydroxylation is 1. The van der Waals surface area contributed by atoms with Gasteiger partial charge in [0.05, 0.1) is 5.69 Å². The van der Waals surface area contributed by atoms with Crippen LogP contribution in [0.15, 0.2) is 0 Å². The SMILES string of the molecule is Cc1nc(N(CC2CC2)C2CC2)sc1CNCC(C)C. The van der Waals surface area contributed by atoms with Crippen LogP contribution in [0.4, 0.5) is 5.13 Å². The van der Waals surface area contributed by atoms with Crippen molar-refractivity contribution in [3.05, 3.63) is 10.6 Å². The standard InChI is InChI=1S/C16H27N3S/c1-11(2)8-17-9-15-12(3)18-16(20-15)19(14-6-7-14)10-13-4-5-13/h11,13-14,17H,4-10H2,1-3H3. The molecule has 112 valence electrons. The van der Waals surface area contributed by atoms with Crippen LogP contribution < -0.4 is 10.2 Å². The smallest absolute Gasteiger partial charge is 0.186 e. The Kier molecular flexibility index (Phi) is 4.32. The minimum absolute atomic E-state index is 0.709. The summed E-state index contributed by atoms with van der Waals surface area (Å²) in [5.74, 6) is 1.66. The molecule has 0 radical (unpaired) electrons. The highest BCUT2D eigenvalue weighted by Gasteiger charge is 2.35. The van der Waals surface area contributed by atoms with Crippen LogP contribution >= 0.6 is 11.3 Å². The van der Waals surface area contributed by atoms with Gasteiger partial charge in [0.15, 0.2) is 5.13 Å². The van der Waals surface area contributed by atoms with Gasteiger partial charge in [-0.05, 0) is 51.0 Å². The van der Waals surface area contributed by atoms with Crippen molar-refractivity contribution in [2.45, 2.75) is 59.0 Å². The molecule has 20 heavy (non-hydrogen) atoms. The summed E-state index contributed by atoms with van der Waals surface area (Å²) >= 11 is 1.91. The average Bonchev–Trinajstić information content (AvgIpc) is 3.27. The van der Waals surface area contributed by atoms with E-state index in [-0.39, 0.29) is 0 Å². The first-order chi connectivity index (χ1) is 9.63. The molecule has 2 saturated carbocycles. The Morgan fingerprint density at radius 2 is 2.05 bits per heavy atom. The van der Waals surface area contributed by atoms with Crippen molar-refractivity contribution in [2.24, 2.45) is 11.8 Å². The predicted octanol–water partition coefficient (Wildman–Crippen LogP) is 3.58. The Labute approximate surface area is 126 Å². The van der Waals surface area contributed by atoms with Crippen molar-refractivity contribution >= 4 is 16.5 Å². The van der Waals surface area contributed by atoms with Crippen molar-refractivity contribution in [3.63, 3.8) is 0 Å². The largest absolute Gasteiger partial charge is 0.345 e. The monoisotopic (exact) mass is 293 g/mol. The lowest BCUT2D eigenvalue weighted by molar-refractivity contribution is 0.554. The molecule has 1 aromatic rings.